The van der Waals surface area contributed by atoms with Gasteiger partial charge in [0.1, 0.15) is 11.8 Å². The molecule has 1 fully saturated rings. The highest BCUT2D eigenvalue weighted by Gasteiger charge is 2.28. The second kappa shape index (κ2) is 10.6. The molecule has 8 nitrogen and oxygen atoms in total. The van der Waals surface area contributed by atoms with Crippen LogP contribution in [0.5, 0.6) is 5.75 Å². The highest BCUT2D eigenvalue weighted by molar-refractivity contribution is 7.46. The van der Waals surface area contributed by atoms with Crippen molar-refractivity contribution in [3.8, 4) is 5.75 Å². The first-order valence-corrected chi connectivity index (χ1v) is 11.9. The Hall–Kier alpha value is -2.93. The monoisotopic (exact) mass is 458 g/mol. The first-order valence-electron chi connectivity index (χ1n) is 10.4. The van der Waals surface area contributed by atoms with Crippen molar-refractivity contribution < 1.29 is 28.5 Å². The first kappa shape index (κ1) is 23.7. The molecule has 170 valence electrons. The molecule has 1 saturated heterocycles. The highest BCUT2D eigenvalue weighted by atomic mass is 31.2. The van der Waals surface area contributed by atoms with Crippen molar-refractivity contribution in [3.63, 3.8) is 0 Å². The van der Waals surface area contributed by atoms with Crippen LogP contribution in [0.15, 0.2) is 54.6 Å². The van der Waals surface area contributed by atoms with Crippen molar-refractivity contribution in [1.29, 1.82) is 0 Å². The topological polar surface area (TPSA) is 116 Å². The van der Waals surface area contributed by atoms with Crippen molar-refractivity contribution in [1.82, 2.24) is 10.2 Å². The minimum absolute atomic E-state index is 0.0331. The number of likely N-dealkylation sites (tertiary alicyclic amines) is 1. The summed E-state index contributed by atoms with van der Waals surface area (Å²) in [5, 5.41) is 2.82. The summed E-state index contributed by atoms with van der Waals surface area (Å²) < 4.78 is 15.5. The van der Waals surface area contributed by atoms with Gasteiger partial charge in [0.05, 0.1) is 0 Å². The zero-order chi connectivity index (χ0) is 23.1. The molecule has 1 aliphatic heterocycles. The summed E-state index contributed by atoms with van der Waals surface area (Å²) in [5.41, 5.74) is 1.86. The lowest BCUT2D eigenvalue weighted by atomic mass is 10.1. The van der Waals surface area contributed by atoms with Gasteiger partial charge in [-0.1, -0.05) is 42.5 Å². The zero-order valence-electron chi connectivity index (χ0n) is 17.8. The molecule has 0 spiro atoms. The van der Waals surface area contributed by atoms with E-state index in [-0.39, 0.29) is 11.7 Å². The molecule has 1 atom stereocenters. The summed E-state index contributed by atoms with van der Waals surface area (Å²) in [6.07, 6.45) is 6.16. The van der Waals surface area contributed by atoms with Crippen LogP contribution in [0.4, 0.5) is 0 Å². The molecular formula is C23H27N2O6P. The molecule has 2 amide bonds. The van der Waals surface area contributed by atoms with E-state index < -0.39 is 19.8 Å². The second-order valence-electron chi connectivity index (χ2n) is 7.68. The number of benzene rings is 2. The molecule has 3 rings (SSSR count). The Balaban J connectivity index is 1.65. The summed E-state index contributed by atoms with van der Waals surface area (Å²) in [6, 6.07) is 13.3. The van der Waals surface area contributed by atoms with Gasteiger partial charge in [0.15, 0.2) is 0 Å². The van der Waals surface area contributed by atoms with Crippen molar-refractivity contribution in [3.05, 3.63) is 71.3 Å². The summed E-state index contributed by atoms with van der Waals surface area (Å²) >= 11 is 0. The summed E-state index contributed by atoms with van der Waals surface area (Å²) in [4.78, 5) is 45.4. The zero-order valence-corrected chi connectivity index (χ0v) is 18.7. The standard InChI is InChI=1S/C23H27N2O6P/c1-17-16-19(31-32(28,29)30)12-13-20(17)22(26)24-21-11-5-6-14-25(23(21)27)15-7-10-18-8-3-2-4-9-18/h2-4,7-10,12-13,16,21H,5-6,11,14-15H2,1H3,(H,24,26)(H2,28,29,30)/b10-7+/t21-/m0/s1. The summed E-state index contributed by atoms with van der Waals surface area (Å²) in [5.74, 6) is -0.563. The minimum atomic E-state index is -4.68. The third-order valence-electron chi connectivity index (χ3n) is 5.19. The molecule has 0 aliphatic carbocycles. The first-order chi connectivity index (χ1) is 15.2. The third kappa shape index (κ3) is 6.79. The number of nitrogens with zero attached hydrogens (tertiary/aromatic N) is 1. The number of rotatable bonds is 7. The van der Waals surface area contributed by atoms with Crippen LogP contribution < -0.4 is 9.84 Å². The Kier molecular flexibility index (Phi) is 7.85. The van der Waals surface area contributed by atoms with Crippen molar-refractivity contribution in [2.75, 3.05) is 13.1 Å². The summed E-state index contributed by atoms with van der Waals surface area (Å²) in [6.45, 7) is 2.74. The van der Waals surface area contributed by atoms with Gasteiger partial charge < -0.3 is 14.7 Å². The van der Waals surface area contributed by atoms with Gasteiger partial charge in [0, 0.05) is 18.7 Å². The number of nitrogens with one attached hydrogen (secondary N) is 1. The van der Waals surface area contributed by atoms with E-state index in [1.54, 1.807) is 11.8 Å². The van der Waals surface area contributed by atoms with Crippen molar-refractivity contribution in [2.24, 2.45) is 0 Å². The number of aryl methyl sites for hydroxylation is 1. The predicted octanol–water partition coefficient (Wildman–Crippen LogP) is 3.29. The van der Waals surface area contributed by atoms with Crippen LogP contribution in [-0.4, -0.2) is 45.6 Å². The van der Waals surface area contributed by atoms with E-state index in [1.165, 1.54) is 18.2 Å². The van der Waals surface area contributed by atoms with E-state index in [4.69, 9.17) is 9.79 Å². The highest BCUT2D eigenvalue weighted by Crippen LogP contribution is 2.38. The maximum atomic E-state index is 13.0. The molecule has 32 heavy (non-hydrogen) atoms. The Bertz CT molecular complexity index is 1030. The largest absolute Gasteiger partial charge is 0.524 e. The average molecular weight is 458 g/mol. The Morgan fingerprint density at radius 3 is 2.66 bits per heavy atom. The number of amides is 2. The van der Waals surface area contributed by atoms with Crippen LogP contribution in [0.1, 0.15) is 40.7 Å². The lowest BCUT2D eigenvalue weighted by Gasteiger charge is -2.24. The fourth-order valence-electron chi connectivity index (χ4n) is 3.62. The van der Waals surface area contributed by atoms with E-state index in [9.17, 15) is 14.2 Å². The van der Waals surface area contributed by atoms with Crippen LogP contribution >= 0.6 is 7.82 Å². The maximum Gasteiger partial charge on any atom is 0.524 e. The van der Waals surface area contributed by atoms with E-state index in [2.05, 4.69) is 9.84 Å². The number of carbonyl (C=O) groups excluding carboxylic acids is 2. The molecule has 0 bridgehead atoms. The number of hydrogen-bond donors (Lipinski definition) is 3. The number of hydrogen-bond acceptors (Lipinski definition) is 4. The van der Waals surface area contributed by atoms with E-state index >= 15 is 0 Å². The molecule has 2 aromatic carbocycles. The Labute approximate surface area is 187 Å². The van der Waals surface area contributed by atoms with Gasteiger partial charge in [-0.05, 0) is 55.5 Å². The third-order valence-corrected chi connectivity index (χ3v) is 5.64. The smallest absolute Gasteiger partial charge is 0.404 e. The fraction of sp³-hybridized carbons (Fsp3) is 0.304. The summed E-state index contributed by atoms with van der Waals surface area (Å²) in [7, 11) is -4.68. The SMILES string of the molecule is Cc1cc(OP(=O)(O)O)ccc1C(=O)N[C@H]1CCCCN(C/C=C/c2ccccc2)C1=O. The molecule has 3 N–H and O–H groups in total. The number of phosphoric acid groups is 1. The molecule has 0 radical (unpaired) electrons. The molecule has 0 aromatic heterocycles. The Morgan fingerprint density at radius 2 is 1.97 bits per heavy atom. The maximum absolute atomic E-state index is 13.0. The molecular weight excluding hydrogens is 431 g/mol. The fourth-order valence-corrected chi connectivity index (χ4v) is 4.01. The lowest BCUT2D eigenvalue weighted by molar-refractivity contribution is -0.132. The molecule has 1 heterocycles. The van der Waals surface area contributed by atoms with Crippen molar-refractivity contribution in [2.45, 2.75) is 32.2 Å². The van der Waals surface area contributed by atoms with Crippen LogP contribution in [0.2, 0.25) is 0 Å². The number of phosphoric ester groups is 1. The van der Waals surface area contributed by atoms with Crippen molar-refractivity contribution >= 4 is 25.7 Å². The van der Waals surface area contributed by atoms with Crippen LogP contribution in [0, 0.1) is 6.92 Å². The van der Waals surface area contributed by atoms with Gasteiger partial charge in [0.2, 0.25) is 5.91 Å². The van der Waals surface area contributed by atoms with Gasteiger partial charge in [0.25, 0.3) is 5.91 Å². The van der Waals surface area contributed by atoms with E-state index in [0.717, 1.165) is 18.4 Å². The molecule has 1 aliphatic rings. The predicted molar refractivity (Wildman–Crippen MR) is 121 cm³/mol. The molecule has 9 heteroatoms. The molecule has 0 unspecified atom stereocenters. The van der Waals surface area contributed by atoms with Gasteiger partial charge in [-0.2, -0.15) is 0 Å². The van der Waals surface area contributed by atoms with E-state index in [1.807, 2.05) is 42.5 Å². The van der Waals surface area contributed by atoms with Gasteiger partial charge in [-0.25, -0.2) is 4.57 Å². The lowest BCUT2D eigenvalue weighted by Crippen LogP contribution is -2.47. The second-order valence-corrected chi connectivity index (χ2v) is 8.84. The van der Waals surface area contributed by atoms with E-state index in [0.29, 0.717) is 30.6 Å². The van der Waals surface area contributed by atoms with Gasteiger partial charge >= 0.3 is 7.82 Å². The molecule has 0 saturated carbocycles. The Morgan fingerprint density at radius 1 is 1.22 bits per heavy atom. The average Bonchev–Trinajstić information content (AvgIpc) is 2.89. The van der Waals surface area contributed by atoms with Crippen LogP contribution in [-0.2, 0) is 9.36 Å². The van der Waals surface area contributed by atoms with Crippen LogP contribution in [0.3, 0.4) is 0 Å². The minimum Gasteiger partial charge on any atom is -0.404 e. The van der Waals surface area contributed by atoms with Gasteiger partial charge in [-0.3, -0.25) is 19.4 Å². The molecule has 2 aromatic rings. The van der Waals surface area contributed by atoms with Gasteiger partial charge in [-0.15, -0.1) is 0 Å². The quantitative estimate of drug-likeness (QED) is 0.549. The van der Waals surface area contributed by atoms with Crippen LogP contribution in [0.25, 0.3) is 6.08 Å². The normalized spacial score (nSPS) is 17.3. The number of carbonyl (C=O) groups is 2.